The van der Waals surface area contributed by atoms with Crippen molar-refractivity contribution in [2.75, 3.05) is 20.8 Å². The number of nitrogens with zero attached hydrogens (tertiary/aromatic N) is 2. The highest BCUT2D eigenvalue weighted by Gasteiger charge is 2.09. The van der Waals surface area contributed by atoms with E-state index in [1.54, 1.807) is 38.6 Å². The normalized spacial score (nSPS) is 10.3. The topological polar surface area (TPSA) is 65.4 Å². The largest absolute Gasteiger partial charge is 0.497 e. The van der Waals surface area contributed by atoms with Crippen LogP contribution in [-0.2, 0) is 6.54 Å². The summed E-state index contributed by atoms with van der Waals surface area (Å²) < 4.78 is 13.1. The second kappa shape index (κ2) is 7.84. The van der Waals surface area contributed by atoms with Crippen molar-refractivity contribution in [1.82, 2.24) is 15.1 Å². The summed E-state index contributed by atoms with van der Waals surface area (Å²) >= 11 is 3.35. The first-order chi connectivity index (χ1) is 10.6. The van der Waals surface area contributed by atoms with Crippen LogP contribution in [0.5, 0.6) is 11.5 Å². The average molecular weight is 368 g/mol. The molecule has 7 heteroatoms. The Bertz CT molecular complexity index is 620. The van der Waals surface area contributed by atoms with Crippen molar-refractivity contribution >= 4 is 21.8 Å². The summed E-state index contributed by atoms with van der Waals surface area (Å²) in [7, 11) is 3.11. The molecular weight excluding hydrogens is 350 g/mol. The van der Waals surface area contributed by atoms with Crippen molar-refractivity contribution in [3.8, 4) is 11.5 Å². The molecule has 0 aliphatic rings. The Morgan fingerprint density at radius 3 is 2.50 bits per heavy atom. The van der Waals surface area contributed by atoms with Crippen LogP contribution in [0.4, 0.5) is 0 Å². The smallest absolute Gasteiger partial charge is 0.251 e. The summed E-state index contributed by atoms with van der Waals surface area (Å²) in [6.07, 6.45) is 4.43. The fraction of sp³-hybridized carbons (Fsp3) is 0.333. The van der Waals surface area contributed by atoms with Crippen LogP contribution >= 0.6 is 15.9 Å². The van der Waals surface area contributed by atoms with Gasteiger partial charge < -0.3 is 14.8 Å². The first-order valence-electron chi connectivity index (χ1n) is 6.81. The lowest BCUT2D eigenvalue weighted by Crippen LogP contribution is -2.25. The lowest BCUT2D eigenvalue weighted by molar-refractivity contribution is 0.0952. The third-order valence-electron chi connectivity index (χ3n) is 3.06. The van der Waals surface area contributed by atoms with Crippen molar-refractivity contribution in [1.29, 1.82) is 0 Å². The van der Waals surface area contributed by atoms with E-state index in [9.17, 15) is 4.79 Å². The van der Waals surface area contributed by atoms with Crippen LogP contribution in [0.2, 0.25) is 0 Å². The van der Waals surface area contributed by atoms with Gasteiger partial charge in [-0.1, -0.05) is 0 Å². The number of hydrogen-bond acceptors (Lipinski definition) is 4. The molecule has 118 valence electrons. The summed E-state index contributed by atoms with van der Waals surface area (Å²) in [5, 5.41) is 7.04. The highest BCUT2D eigenvalue weighted by atomic mass is 79.9. The van der Waals surface area contributed by atoms with Gasteiger partial charge in [-0.15, -0.1) is 0 Å². The molecule has 0 saturated carbocycles. The summed E-state index contributed by atoms with van der Waals surface area (Å²) in [5.74, 6) is 1.02. The maximum atomic E-state index is 12.1. The van der Waals surface area contributed by atoms with Crippen LogP contribution < -0.4 is 14.8 Å². The molecule has 1 amide bonds. The molecule has 1 heterocycles. The minimum Gasteiger partial charge on any atom is -0.497 e. The lowest BCUT2D eigenvalue weighted by atomic mass is 10.2. The molecule has 0 fully saturated rings. The van der Waals surface area contributed by atoms with E-state index in [0.717, 1.165) is 17.4 Å². The van der Waals surface area contributed by atoms with E-state index in [2.05, 4.69) is 26.3 Å². The van der Waals surface area contributed by atoms with Crippen LogP contribution in [-0.4, -0.2) is 36.5 Å². The third kappa shape index (κ3) is 4.49. The van der Waals surface area contributed by atoms with Crippen LogP contribution in [0.1, 0.15) is 16.8 Å². The predicted molar refractivity (Wildman–Crippen MR) is 86.4 cm³/mol. The van der Waals surface area contributed by atoms with Crippen molar-refractivity contribution < 1.29 is 14.3 Å². The van der Waals surface area contributed by atoms with Gasteiger partial charge in [0.05, 0.1) is 24.9 Å². The van der Waals surface area contributed by atoms with Crippen LogP contribution in [0, 0.1) is 0 Å². The number of carbonyl (C=O) groups excluding carboxylic acids is 1. The summed E-state index contributed by atoms with van der Waals surface area (Å²) in [4.78, 5) is 12.1. The number of methoxy groups -OCH3 is 2. The maximum absolute atomic E-state index is 12.1. The second-order valence-corrected chi connectivity index (χ2v) is 5.55. The van der Waals surface area contributed by atoms with Crippen molar-refractivity contribution in [3.63, 3.8) is 0 Å². The van der Waals surface area contributed by atoms with Crippen molar-refractivity contribution in [3.05, 3.63) is 40.6 Å². The second-order valence-electron chi connectivity index (χ2n) is 4.63. The van der Waals surface area contributed by atoms with Crippen molar-refractivity contribution in [2.45, 2.75) is 13.0 Å². The van der Waals surface area contributed by atoms with Crippen LogP contribution in [0.3, 0.4) is 0 Å². The zero-order valence-corrected chi connectivity index (χ0v) is 14.1. The zero-order valence-electron chi connectivity index (χ0n) is 12.5. The van der Waals surface area contributed by atoms with E-state index < -0.39 is 0 Å². The minimum absolute atomic E-state index is 0.154. The molecule has 0 spiro atoms. The SMILES string of the molecule is COc1cc(OC)cc(C(=O)NCCCn2cc(Br)cn2)c1. The highest BCUT2D eigenvalue weighted by molar-refractivity contribution is 9.10. The van der Waals surface area contributed by atoms with Gasteiger partial charge in [0.2, 0.25) is 0 Å². The zero-order chi connectivity index (χ0) is 15.9. The molecule has 22 heavy (non-hydrogen) atoms. The van der Waals surface area contributed by atoms with Gasteiger partial charge in [-0.05, 0) is 34.5 Å². The van der Waals surface area contributed by atoms with E-state index in [-0.39, 0.29) is 5.91 Å². The molecule has 0 aliphatic heterocycles. The number of hydrogen-bond donors (Lipinski definition) is 1. The number of benzene rings is 1. The number of carbonyl (C=O) groups is 1. The molecule has 2 rings (SSSR count). The maximum Gasteiger partial charge on any atom is 0.251 e. The van der Waals surface area contributed by atoms with E-state index in [0.29, 0.717) is 23.6 Å². The van der Waals surface area contributed by atoms with Crippen LogP contribution in [0.25, 0.3) is 0 Å². The molecule has 6 nitrogen and oxygen atoms in total. The van der Waals surface area contributed by atoms with Gasteiger partial charge in [-0.3, -0.25) is 9.48 Å². The fourth-order valence-electron chi connectivity index (χ4n) is 1.94. The van der Waals surface area contributed by atoms with Gasteiger partial charge >= 0.3 is 0 Å². The number of aryl methyl sites for hydroxylation is 1. The molecule has 0 bridgehead atoms. The van der Waals surface area contributed by atoms with E-state index in [1.165, 1.54) is 0 Å². The number of nitrogens with one attached hydrogen (secondary N) is 1. The monoisotopic (exact) mass is 367 g/mol. The molecule has 1 N–H and O–H groups in total. The molecule has 0 radical (unpaired) electrons. The van der Waals surface area contributed by atoms with E-state index in [1.807, 2.05) is 10.9 Å². The van der Waals surface area contributed by atoms with E-state index >= 15 is 0 Å². The standard InChI is InChI=1S/C15H18BrN3O3/c1-21-13-6-11(7-14(8-13)22-2)15(20)17-4-3-5-19-10-12(16)9-18-19/h6-10H,3-5H2,1-2H3,(H,17,20). The number of amides is 1. The van der Waals surface area contributed by atoms with Gasteiger partial charge in [-0.2, -0.15) is 5.10 Å². The molecular formula is C15H18BrN3O3. The molecule has 0 aliphatic carbocycles. The first-order valence-corrected chi connectivity index (χ1v) is 7.61. The molecule has 0 saturated heterocycles. The molecule has 2 aromatic rings. The number of ether oxygens (including phenoxy) is 2. The summed E-state index contributed by atoms with van der Waals surface area (Å²) in [6.45, 7) is 1.31. The Morgan fingerprint density at radius 1 is 1.27 bits per heavy atom. The Kier molecular flexibility index (Phi) is 5.83. The number of rotatable bonds is 7. The van der Waals surface area contributed by atoms with Gasteiger partial charge in [0.15, 0.2) is 0 Å². The molecule has 1 aromatic carbocycles. The molecule has 1 aromatic heterocycles. The first kappa shape index (κ1) is 16.4. The van der Waals surface area contributed by atoms with Crippen LogP contribution in [0.15, 0.2) is 35.1 Å². The van der Waals surface area contributed by atoms with Crippen molar-refractivity contribution in [2.24, 2.45) is 0 Å². The molecule has 0 atom stereocenters. The predicted octanol–water partition coefficient (Wildman–Crippen LogP) is 2.48. The Labute approximate surface area is 137 Å². The van der Waals surface area contributed by atoms with Gasteiger partial charge in [0.25, 0.3) is 5.91 Å². The summed E-state index contributed by atoms with van der Waals surface area (Å²) in [6, 6.07) is 5.09. The number of aromatic nitrogens is 2. The summed E-state index contributed by atoms with van der Waals surface area (Å²) in [5.41, 5.74) is 0.512. The van der Waals surface area contributed by atoms with Gasteiger partial charge in [-0.25, -0.2) is 0 Å². The fourth-order valence-corrected chi connectivity index (χ4v) is 2.27. The average Bonchev–Trinajstić information content (AvgIpc) is 2.96. The Morgan fingerprint density at radius 2 is 1.95 bits per heavy atom. The highest BCUT2D eigenvalue weighted by Crippen LogP contribution is 2.22. The Balaban J connectivity index is 1.86. The van der Waals surface area contributed by atoms with E-state index in [4.69, 9.17) is 9.47 Å². The van der Waals surface area contributed by atoms with Gasteiger partial charge in [0, 0.05) is 30.9 Å². The van der Waals surface area contributed by atoms with Gasteiger partial charge in [0.1, 0.15) is 11.5 Å². The third-order valence-corrected chi connectivity index (χ3v) is 3.47. The number of halogens is 1. The quantitative estimate of drug-likeness (QED) is 0.763. The minimum atomic E-state index is -0.154. The lowest BCUT2D eigenvalue weighted by Gasteiger charge is -2.09. The Hall–Kier alpha value is -2.02. The molecule has 0 unspecified atom stereocenters.